The number of alkyl halides is 9. The zero-order valence-corrected chi connectivity index (χ0v) is 52.2. The Morgan fingerprint density at radius 2 is 0.689 bits per heavy atom. The molecule has 3 spiro atoms. The van der Waals surface area contributed by atoms with Crippen molar-refractivity contribution in [2.75, 3.05) is 73.6 Å². The summed E-state index contributed by atoms with van der Waals surface area (Å²) in [4.78, 5) is 19.0. The zero-order valence-electron chi connectivity index (χ0n) is 47.5. The first kappa shape index (κ1) is 67.9. The Kier molecular flexibility index (Phi) is 17.7. The van der Waals surface area contributed by atoms with Crippen molar-refractivity contribution in [3.63, 3.8) is 0 Å². The number of aryl methyl sites for hydroxylation is 3. The van der Waals surface area contributed by atoms with Crippen LogP contribution < -0.4 is 30.1 Å². The number of halogens is 12. The maximum absolute atomic E-state index is 12.7. The van der Waals surface area contributed by atoms with Gasteiger partial charge in [-0.3, -0.25) is 0 Å². The number of rotatable bonds is 15. The Morgan fingerprint density at radius 3 is 0.878 bits per heavy atom. The van der Waals surface area contributed by atoms with Crippen LogP contribution in [0.3, 0.4) is 0 Å². The molecule has 3 saturated carbocycles. The molecule has 3 saturated heterocycles. The van der Waals surface area contributed by atoms with Gasteiger partial charge in [-0.15, -0.1) is 0 Å². The lowest BCUT2D eigenvalue weighted by Gasteiger charge is -2.60. The highest BCUT2D eigenvalue weighted by Gasteiger charge is 2.60. The van der Waals surface area contributed by atoms with E-state index in [-0.39, 0.29) is 16.2 Å². The van der Waals surface area contributed by atoms with Crippen LogP contribution in [0.2, 0.25) is 15.5 Å². The lowest BCUT2D eigenvalue weighted by molar-refractivity contribution is -0.208. The third-order valence-electron chi connectivity index (χ3n) is 17.5. The molecule has 0 amide bonds. The number of hydrogen-bond donors (Lipinski definition) is 6. The summed E-state index contributed by atoms with van der Waals surface area (Å²) in [5.41, 5.74) is 4.33. The van der Waals surface area contributed by atoms with Crippen molar-refractivity contribution >= 4 is 99.4 Å². The number of aliphatic hydroxyl groups excluding tert-OH is 3. The average Bonchev–Trinajstić information content (AvgIpc) is 0.852. The summed E-state index contributed by atoms with van der Waals surface area (Å²) in [6.07, 6.45) is -16.8. The number of aromatic nitrogens is 9. The van der Waals surface area contributed by atoms with Crippen LogP contribution in [0, 0.1) is 37.0 Å². The topological polar surface area (TPSA) is 351 Å². The van der Waals surface area contributed by atoms with E-state index in [0.29, 0.717) is 124 Å². The number of fused-ring (bicyclic) bond motifs is 3. The van der Waals surface area contributed by atoms with Gasteiger partial charge in [-0.1, -0.05) is 34.8 Å². The van der Waals surface area contributed by atoms with E-state index in [9.17, 15) is 80.1 Å². The van der Waals surface area contributed by atoms with Gasteiger partial charge >= 0.3 is 18.5 Å². The highest BCUT2D eigenvalue weighted by Crippen LogP contribution is 2.55. The molecule has 3 atom stereocenters. The monoisotopic (exact) mass is 1400 g/mol. The van der Waals surface area contributed by atoms with Crippen LogP contribution in [-0.4, -0.2) is 211 Å². The van der Waals surface area contributed by atoms with Crippen molar-refractivity contribution in [2.24, 2.45) is 31.7 Å². The summed E-state index contributed by atoms with van der Waals surface area (Å²) in [7, 11) is -13.2. The minimum atomic E-state index is -4.92. The molecule has 90 heavy (non-hydrogen) atoms. The van der Waals surface area contributed by atoms with Crippen molar-refractivity contribution in [2.45, 2.75) is 114 Å². The molecule has 0 radical (unpaired) electrons. The molecule has 3 aliphatic heterocycles. The molecular weight excluding hydrogens is 1350 g/mol. The summed E-state index contributed by atoms with van der Waals surface area (Å²) < 4.78 is 191. The van der Waals surface area contributed by atoms with Crippen molar-refractivity contribution in [1.82, 2.24) is 56.7 Å². The highest BCUT2D eigenvalue weighted by molar-refractivity contribution is 7.87. The van der Waals surface area contributed by atoms with E-state index < -0.39 is 105 Å². The Hall–Kier alpha value is -5.01. The second kappa shape index (κ2) is 23.5. The third-order valence-corrected chi connectivity index (χ3v) is 21.6. The van der Waals surface area contributed by atoms with Crippen molar-refractivity contribution in [3.05, 3.63) is 69.3 Å². The van der Waals surface area contributed by atoms with E-state index in [1.165, 1.54) is 19.0 Å². The highest BCUT2D eigenvalue weighted by atomic mass is 35.5. The molecule has 0 aromatic carbocycles. The van der Waals surface area contributed by atoms with Crippen LogP contribution in [0.15, 0.2) is 37.2 Å². The Morgan fingerprint density at radius 1 is 0.478 bits per heavy atom. The number of nitrogens with two attached hydrogens (primary N) is 3. The molecular formula is C48H60Cl3F9N18O9S3. The largest absolute Gasteiger partial charge is 0.415 e. The molecule has 42 heteroatoms. The number of hydrogen-bond acceptors (Lipinski definition) is 18. The average molecular weight is 1410 g/mol. The van der Waals surface area contributed by atoms with Crippen LogP contribution in [0.5, 0.6) is 0 Å². The molecule has 12 rings (SSSR count). The smallest absolute Gasteiger partial charge is 0.382 e. The summed E-state index contributed by atoms with van der Waals surface area (Å²) in [6, 6.07) is 3.27. The second-order valence-electron chi connectivity index (χ2n) is 24.3. The van der Waals surface area contributed by atoms with Gasteiger partial charge < -0.3 is 30.0 Å². The van der Waals surface area contributed by atoms with Gasteiger partial charge in [0.25, 0.3) is 30.6 Å². The van der Waals surface area contributed by atoms with Crippen LogP contribution >= 0.6 is 34.8 Å². The molecule has 498 valence electrons. The van der Waals surface area contributed by atoms with Crippen LogP contribution in [0.4, 0.5) is 57.0 Å². The normalized spacial score (nSPS) is 20.6. The van der Waals surface area contributed by atoms with Gasteiger partial charge in [-0.2, -0.15) is 93.0 Å². The van der Waals surface area contributed by atoms with Crippen LogP contribution in [0.1, 0.15) is 55.2 Å². The van der Waals surface area contributed by atoms with Crippen LogP contribution in [0.25, 0.3) is 16.6 Å². The summed E-state index contributed by atoms with van der Waals surface area (Å²) in [5, 5.41) is 56.9. The first-order chi connectivity index (χ1) is 41.4. The first-order valence-electron chi connectivity index (χ1n) is 27.3. The fourth-order valence-corrected chi connectivity index (χ4v) is 16.9. The molecule has 1 unspecified atom stereocenters. The molecule has 6 aromatic heterocycles. The molecule has 27 nitrogen and oxygen atoms in total. The Labute approximate surface area is 522 Å². The van der Waals surface area contributed by atoms with E-state index in [4.69, 9.17) is 50.2 Å². The number of aliphatic hydroxyl groups is 3. The Balaban J connectivity index is 0.000000148. The van der Waals surface area contributed by atoms with Crippen molar-refractivity contribution < 1.29 is 80.1 Å². The third kappa shape index (κ3) is 13.3. The minimum absolute atomic E-state index is 0.233. The quantitative estimate of drug-likeness (QED) is 0.0804. The van der Waals surface area contributed by atoms with Gasteiger partial charge in [0.1, 0.15) is 51.0 Å². The molecule has 0 bridgehead atoms. The predicted octanol–water partition coefficient (Wildman–Crippen LogP) is 3.27. The molecule has 6 aromatic rings. The SMILES string of the molecule is Cc1cc(Cl)n2ncnc(N3CC4(CC(N(CC(O)C(F)(F)F)S(N)(=O)=O)C4)C3)c12.Cc1cc(Cl)n2ncnc(N3CC4(CC(N(C[C@@H](O)C(F)(F)F)S(N)(=O)=O)C4)C3)c12.Cc1cc(Cl)n2ncnc(N3CC4(CC(N(C[C@H](O)C(F)(F)F)S(N)(=O)=O)C4)C3)c12. The predicted molar refractivity (Wildman–Crippen MR) is 307 cm³/mol. The van der Waals surface area contributed by atoms with Crippen molar-refractivity contribution in [3.8, 4) is 0 Å². The number of anilines is 3. The summed E-state index contributed by atoms with van der Waals surface area (Å²) in [5.74, 6) is 2.08. The summed E-state index contributed by atoms with van der Waals surface area (Å²) >= 11 is 18.5. The van der Waals surface area contributed by atoms with Gasteiger partial charge in [0.15, 0.2) is 35.8 Å². The molecule has 9 heterocycles. The lowest BCUT2D eigenvalue weighted by atomic mass is 9.60. The van der Waals surface area contributed by atoms with E-state index in [2.05, 4.69) is 30.2 Å². The van der Waals surface area contributed by atoms with Gasteiger partial charge in [0.2, 0.25) is 0 Å². The lowest BCUT2D eigenvalue weighted by Crippen LogP contribution is -2.68. The first-order valence-corrected chi connectivity index (χ1v) is 32.9. The maximum atomic E-state index is 12.7. The molecule has 3 aliphatic carbocycles. The van der Waals surface area contributed by atoms with E-state index in [1.54, 1.807) is 31.7 Å². The van der Waals surface area contributed by atoms with Crippen molar-refractivity contribution in [1.29, 1.82) is 0 Å². The van der Waals surface area contributed by atoms with E-state index in [1.807, 2.05) is 35.5 Å². The van der Waals surface area contributed by atoms with Crippen LogP contribution in [-0.2, 0) is 30.6 Å². The van der Waals surface area contributed by atoms with E-state index in [0.717, 1.165) is 33.2 Å². The molecule has 6 aliphatic rings. The van der Waals surface area contributed by atoms with Gasteiger partial charge in [0.05, 0.1) is 19.6 Å². The number of nitrogens with zero attached hydrogens (tertiary/aromatic N) is 15. The standard InChI is InChI=1S/3C16H20ClF3N6O3S/c3*1-9-2-12(17)26-13(9)14(22-8-23-26)24-6-15(7-24)3-10(4-15)25(30(21,28)29)5-11(27)16(18,19)20/h3*2,8,10-11,27H,3-7H2,1H3,(H2,21,28,29)/t2*11-;/m10./s1. The molecule has 6 fully saturated rings. The summed E-state index contributed by atoms with van der Waals surface area (Å²) in [6.45, 7) is 5.74. The van der Waals surface area contributed by atoms with Gasteiger partial charge in [-0.25, -0.2) is 43.9 Å². The minimum Gasteiger partial charge on any atom is -0.382 e. The fraction of sp³-hybridized carbons (Fsp3) is 0.625. The van der Waals surface area contributed by atoms with E-state index >= 15 is 0 Å². The van der Waals surface area contributed by atoms with Gasteiger partial charge in [0, 0.05) is 73.6 Å². The van der Waals surface area contributed by atoms with Gasteiger partial charge in [-0.05, 0) is 94.2 Å². The maximum Gasteiger partial charge on any atom is 0.415 e. The zero-order chi connectivity index (χ0) is 66.2. The molecule has 9 N–H and O–H groups in total. The second-order valence-corrected chi connectivity index (χ2v) is 29.9. The fourth-order valence-electron chi connectivity index (χ4n) is 13.3. The Bertz CT molecular complexity index is 3640.